The van der Waals surface area contributed by atoms with Gasteiger partial charge in [-0.05, 0) is 26.0 Å². The molecule has 7 nitrogen and oxygen atoms in total. The van der Waals surface area contributed by atoms with Crippen LogP contribution in [0.25, 0.3) is 0 Å². The number of carbonyl (C=O) groups excluding carboxylic acids is 1. The Morgan fingerprint density at radius 2 is 2.00 bits per heavy atom. The smallest absolute Gasteiger partial charge is 0.248 e. The van der Waals surface area contributed by atoms with Gasteiger partial charge >= 0.3 is 0 Å². The van der Waals surface area contributed by atoms with Gasteiger partial charge in [0.25, 0.3) is 0 Å². The van der Waals surface area contributed by atoms with Crippen molar-refractivity contribution in [2.24, 2.45) is 0 Å². The Morgan fingerprint density at radius 3 is 2.72 bits per heavy atom. The van der Waals surface area contributed by atoms with Crippen molar-refractivity contribution >= 4 is 15.8 Å². The Morgan fingerprint density at radius 1 is 1.24 bits per heavy atom. The second kappa shape index (κ2) is 5.40. The number of Topliss-reactive ketones (excluding diaryl/α,β-unsaturated/α-hetero) is 1. The summed E-state index contributed by atoms with van der Waals surface area (Å²) in [5.74, 6) is 0.776. The Labute approximate surface area is 145 Å². The average Bonchev–Trinajstić information content (AvgIpc) is 3.12. The molecule has 2 aromatic rings. The van der Waals surface area contributed by atoms with Gasteiger partial charge in [0.1, 0.15) is 21.9 Å². The molecule has 3 heterocycles. The Hall–Kier alpha value is -2.19. The van der Waals surface area contributed by atoms with Crippen LogP contribution in [-0.2, 0) is 10.0 Å². The largest absolute Gasteiger partial charge is 0.485 e. The number of rotatable bonds is 2. The van der Waals surface area contributed by atoms with E-state index >= 15 is 0 Å². The third-order valence-corrected chi connectivity index (χ3v) is 6.93. The molecule has 0 saturated carbocycles. The molecule has 2 aliphatic heterocycles. The number of nitrogens with zero attached hydrogens (tertiary/aromatic N) is 2. The Kier molecular flexibility index (Phi) is 3.52. The van der Waals surface area contributed by atoms with Gasteiger partial charge in [0.2, 0.25) is 10.0 Å². The van der Waals surface area contributed by atoms with Crippen LogP contribution in [0.4, 0.5) is 0 Å². The summed E-state index contributed by atoms with van der Waals surface area (Å²) in [5, 5.41) is 3.73. The van der Waals surface area contributed by atoms with E-state index in [2.05, 4.69) is 5.16 Å². The molecular formula is C17H18N2O5S. The third-order valence-electron chi connectivity index (χ3n) is 4.84. The fourth-order valence-corrected chi connectivity index (χ4v) is 5.46. The molecule has 1 atom stereocenters. The summed E-state index contributed by atoms with van der Waals surface area (Å²) in [7, 11) is -3.74. The summed E-state index contributed by atoms with van der Waals surface area (Å²) in [6.07, 6.45) is 0.646. The highest BCUT2D eigenvalue weighted by atomic mass is 32.2. The summed E-state index contributed by atoms with van der Waals surface area (Å²) >= 11 is 0. The van der Waals surface area contributed by atoms with Crippen LogP contribution in [0.5, 0.6) is 5.75 Å². The first-order chi connectivity index (χ1) is 11.8. The topological polar surface area (TPSA) is 89.7 Å². The maximum absolute atomic E-state index is 13.0. The van der Waals surface area contributed by atoms with Gasteiger partial charge < -0.3 is 9.26 Å². The highest BCUT2D eigenvalue weighted by molar-refractivity contribution is 7.89. The first-order valence-electron chi connectivity index (χ1n) is 8.07. The van der Waals surface area contributed by atoms with Gasteiger partial charge in [-0.3, -0.25) is 4.79 Å². The molecule has 0 radical (unpaired) electrons. The van der Waals surface area contributed by atoms with E-state index in [1.165, 1.54) is 4.31 Å². The Balaban J connectivity index is 1.65. The van der Waals surface area contributed by atoms with Gasteiger partial charge in [-0.15, -0.1) is 0 Å². The number of hydrogen-bond acceptors (Lipinski definition) is 6. The highest BCUT2D eigenvalue weighted by Gasteiger charge is 2.49. The van der Waals surface area contributed by atoms with E-state index in [0.717, 1.165) is 0 Å². The quantitative estimate of drug-likeness (QED) is 0.813. The van der Waals surface area contributed by atoms with E-state index in [4.69, 9.17) is 9.26 Å². The number of sulfonamides is 1. The lowest BCUT2D eigenvalue weighted by Gasteiger charge is -2.34. The zero-order chi connectivity index (χ0) is 17.8. The maximum Gasteiger partial charge on any atom is 0.248 e. The summed E-state index contributed by atoms with van der Waals surface area (Å²) in [5.41, 5.74) is 0.0851. The lowest BCUT2D eigenvalue weighted by molar-refractivity contribution is 0.0498. The molecule has 0 aliphatic carbocycles. The van der Waals surface area contributed by atoms with Crippen LogP contribution in [0.15, 0.2) is 33.7 Å². The van der Waals surface area contributed by atoms with Crippen molar-refractivity contribution in [1.82, 2.24) is 9.46 Å². The number of benzene rings is 1. The number of aromatic nitrogens is 1. The second-order valence-corrected chi connectivity index (χ2v) is 8.50. The van der Waals surface area contributed by atoms with Gasteiger partial charge in [-0.1, -0.05) is 17.3 Å². The van der Waals surface area contributed by atoms with Crippen molar-refractivity contribution in [2.45, 2.75) is 37.2 Å². The van der Waals surface area contributed by atoms with E-state index in [9.17, 15) is 13.2 Å². The molecule has 0 N–H and O–H groups in total. The van der Waals surface area contributed by atoms with Crippen LogP contribution < -0.4 is 4.74 Å². The number of fused-ring (bicyclic) bond motifs is 1. The second-order valence-electron chi connectivity index (χ2n) is 6.62. The van der Waals surface area contributed by atoms with Gasteiger partial charge in [0.15, 0.2) is 11.5 Å². The zero-order valence-corrected chi connectivity index (χ0v) is 14.8. The Bertz CT molecular complexity index is 946. The van der Waals surface area contributed by atoms with Gasteiger partial charge in [0.05, 0.1) is 18.5 Å². The van der Waals surface area contributed by atoms with Crippen LogP contribution in [0.3, 0.4) is 0 Å². The van der Waals surface area contributed by atoms with Gasteiger partial charge in [0, 0.05) is 13.0 Å². The van der Waals surface area contributed by atoms with E-state index in [0.29, 0.717) is 30.0 Å². The predicted octanol–water partition coefficient (Wildman–Crippen LogP) is 2.09. The number of para-hydroxylation sites is 1. The average molecular weight is 362 g/mol. The van der Waals surface area contributed by atoms with Crippen molar-refractivity contribution in [1.29, 1.82) is 0 Å². The molecule has 1 saturated heterocycles. The zero-order valence-electron chi connectivity index (χ0n) is 14.0. The minimum Gasteiger partial charge on any atom is -0.485 e. The van der Waals surface area contributed by atoms with Crippen LogP contribution in [0, 0.1) is 13.8 Å². The van der Waals surface area contributed by atoms with Crippen molar-refractivity contribution in [2.75, 3.05) is 13.1 Å². The minimum absolute atomic E-state index is 0.0153. The van der Waals surface area contributed by atoms with E-state index in [-0.39, 0.29) is 29.4 Å². The molecule has 0 amide bonds. The molecule has 25 heavy (non-hydrogen) atoms. The number of hydrogen-bond donors (Lipinski definition) is 0. The molecule has 1 spiro atoms. The van der Waals surface area contributed by atoms with E-state index < -0.39 is 15.6 Å². The summed E-state index contributed by atoms with van der Waals surface area (Å²) in [4.78, 5) is 12.6. The maximum atomic E-state index is 13.0. The summed E-state index contributed by atoms with van der Waals surface area (Å²) < 4.78 is 38.4. The molecule has 8 heteroatoms. The molecule has 4 rings (SSSR count). The minimum atomic E-state index is -3.74. The lowest BCUT2D eigenvalue weighted by Crippen LogP contribution is -2.45. The van der Waals surface area contributed by atoms with Gasteiger partial charge in [-0.25, -0.2) is 8.42 Å². The molecule has 132 valence electrons. The molecule has 0 bridgehead atoms. The van der Waals surface area contributed by atoms with Crippen molar-refractivity contribution < 1.29 is 22.5 Å². The molecule has 1 fully saturated rings. The molecular weight excluding hydrogens is 344 g/mol. The number of ketones is 1. The van der Waals surface area contributed by atoms with E-state index in [1.807, 2.05) is 0 Å². The molecule has 0 unspecified atom stereocenters. The lowest BCUT2D eigenvalue weighted by atomic mass is 9.89. The highest BCUT2D eigenvalue weighted by Crippen LogP contribution is 2.40. The number of carbonyl (C=O) groups is 1. The van der Waals surface area contributed by atoms with Crippen molar-refractivity contribution in [3.8, 4) is 5.75 Å². The first-order valence-corrected chi connectivity index (χ1v) is 9.51. The summed E-state index contributed by atoms with van der Waals surface area (Å²) in [6, 6.07) is 7.08. The van der Waals surface area contributed by atoms with Crippen molar-refractivity contribution in [3.63, 3.8) is 0 Å². The molecule has 1 aromatic heterocycles. The predicted molar refractivity (Wildman–Crippen MR) is 88.1 cm³/mol. The fourth-order valence-electron chi connectivity index (χ4n) is 3.66. The van der Waals surface area contributed by atoms with Crippen LogP contribution in [-0.4, -0.2) is 42.4 Å². The fraction of sp³-hybridized carbons (Fsp3) is 0.412. The number of aryl methyl sites for hydroxylation is 2. The monoisotopic (exact) mass is 362 g/mol. The van der Waals surface area contributed by atoms with E-state index in [1.54, 1.807) is 38.1 Å². The van der Waals surface area contributed by atoms with Crippen LogP contribution in [0.2, 0.25) is 0 Å². The molecule has 1 aromatic carbocycles. The third kappa shape index (κ3) is 2.47. The van der Waals surface area contributed by atoms with Crippen LogP contribution >= 0.6 is 0 Å². The standard InChI is InChI=1S/C17H18N2O5S/c1-11-16(12(2)24-18-11)25(21,22)19-8-7-17(10-19)9-14(20)13-5-3-4-6-15(13)23-17/h3-6H,7-10H2,1-2H3/t17-/m1/s1. The SMILES string of the molecule is Cc1noc(C)c1S(=O)(=O)N1CC[C@@]2(CC(=O)c3ccccc3O2)C1. The molecule has 2 aliphatic rings. The van der Waals surface area contributed by atoms with Crippen LogP contribution in [0.1, 0.15) is 34.7 Å². The van der Waals surface area contributed by atoms with Gasteiger partial charge in [-0.2, -0.15) is 4.31 Å². The summed E-state index contributed by atoms with van der Waals surface area (Å²) in [6.45, 7) is 3.61. The van der Waals surface area contributed by atoms with Crippen molar-refractivity contribution in [3.05, 3.63) is 41.3 Å². The first kappa shape index (κ1) is 16.3. The normalized spacial score (nSPS) is 23.7. The number of ether oxygens (including phenoxy) is 1.